The van der Waals surface area contributed by atoms with Crippen LogP contribution in [0.2, 0.25) is 0 Å². The molecule has 2 aromatic rings. The van der Waals surface area contributed by atoms with Gasteiger partial charge >= 0.3 is 0 Å². The minimum atomic E-state index is -0.106. The summed E-state index contributed by atoms with van der Waals surface area (Å²) in [5.74, 6) is -0.00803. The zero-order valence-electron chi connectivity index (χ0n) is 14.8. The van der Waals surface area contributed by atoms with Gasteiger partial charge in [-0.05, 0) is 50.1 Å². The molecular weight excluding hydrogens is 314 g/mol. The van der Waals surface area contributed by atoms with Gasteiger partial charge in [-0.15, -0.1) is 0 Å². The normalized spacial score (nSPS) is 11.6. The van der Waals surface area contributed by atoms with Gasteiger partial charge in [0, 0.05) is 37.5 Å². The molecule has 1 heterocycles. The largest absolute Gasteiger partial charge is 0.352 e. The Labute approximate surface area is 149 Å². The number of nitrogens with zero attached hydrogens (tertiary/aromatic N) is 2. The van der Waals surface area contributed by atoms with Gasteiger partial charge in [-0.3, -0.25) is 14.6 Å². The zero-order valence-corrected chi connectivity index (χ0v) is 14.8. The van der Waals surface area contributed by atoms with E-state index in [9.17, 15) is 9.59 Å². The Morgan fingerprint density at radius 1 is 1.12 bits per heavy atom. The fraction of sp³-hybridized carbons (Fsp3) is 0.350. The van der Waals surface area contributed by atoms with Crippen molar-refractivity contribution in [2.45, 2.75) is 32.7 Å². The number of nitrogens with one attached hydrogen (secondary N) is 1. The van der Waals surface area contributed by atoms with Gasteiger partial charge in [0.1, 0.15) is 0 Å². The molecule has 132 valence electrons. The summed E-state index contributed by atoms with van der Waals surface area (Å²) in [6, 6.07) is 13.0. The number of amides is 2. The summed E-state index contributed by atoms with van der Waals surface area (Å²) < 4.78 is 0. The van der Waals surface area contributed by atoms with Crippen LogP contribution in [0.25, 0.3) is 0 Å². The number of aromatic nitrogens is 1. The quantitative estimate of drug-likeness (QED) is 0.751. The highest BCUT2D eigenvalue weighted by atomic mass is 16.2. The fourth-order valence-electron chi connectivity index (χ4n) is 2.76. The van der Waals surface area contributed by atoms with E-state index in [-0.39, 0.29) is 17.9 Å². The minimum Gasteiger partial charge on any atom is -0.352 e. The van der Waals surface area contributed by atoms with E-state index < -0.39 is 0 Å². The van der Waals surface area contributed by atoms with Gasteiger partial charge in [-0.1, -0.05) is 18.2 Å². The second-order valence-corrected chi connectivity index (χ2v) is 5.86. The van der Waals surface area contributed by atoms with Gasteiger partial charge in [-0.2, -0.15) is 0 Å². The van der Waals surface area contributed by atoms with Gasteiger partial charge < -0.3 is 10.2 Å². The lowest BCUT2D eigenvalue weighted by Crippen LogP contribution is -2.34. The van der Waals surface area contributed by atoms with E-state index in [1.807, 2.05) is 49.1 Å². The number of carbonyl (C=O) groups excluding carboxylic acids is 2. The minimum absolute atomic E-state index is 0.0133. The molecule has 1 aromatic carbocycles. The lowest BCUT2D eigenvalue weighted by molar-refractivity contribution is -0.133. The smallest absolute Gasteiger partial charge is 0.251 e. The van der Waals surface area contributed by atoms with E-state index in [0.717, 1.165) is 5.56 Å². The molecule has 1 atom stereocenters. The van der Waals surface area contributed by atoms with Crippen LogP contribution in [0.3, 0.4) is 0 Å². The predicted molar refractivity (Wildman–Crippen MR) is 98.0 cm³/mol. The number of pyridine rings is 1. The second-order valence-electron chi connectivity index (χ2n) is 5.86. The first-order chi connectivity index (χ1) is 12.1. The lowest BCUT2D eigenvalue weighted by Gasteiger charge is -2.28. The van der Waals surface area contributed by atoms with Gasteiger partial charge in [0.05, 0.1) is 6.04 Å². The Morgan fingerprint density at radius 3 is 2.44 bits per heavy atom. The Hall–Kier alpha value is -2.69. The van der Waals surface area contributed by atoms with Crippen molar-refractivity contribution in [2.75, 3.05) is 13.1 Å². The van der Waals surface area contributed by atoms with E-state index in [0.29, 0.717) is 31.5 Å². The summed E-state index contributed by atoms with van der Waals surface area (Å²) >= 11 is 0. The third kappa shape index (κ3) is 5.41. The van der Waals surface area contributed by atoms with Gasteiger partial charge in [0.25, 0.3) is 5.91 Å². The van der Waals surface area contributed by atoms with Crippen LogP contribution in [0.1, 0.15) is 48.7 Å². The molecule has 0 fully saturated rings. The maximum absolute atomic E-state index is 12.5. The number of carbonyl (C=O) groups is 2. The maximum atomic E-state index is 12.5. The summed E-state index contributed by atoms with van der Waals surface area (Å²) in [6.45, 7) is 5.14. The molecule has 0 radical (unpaired) electrons. The molecule has 25 heavy (non-hydrogen) atoms. The number of rotatable bonds is 8. The molecule has 5 nitrogen and oxygen atoms in total. The third-order valence-corrected chi connectivity index (χ3v) is 4.21. The molecule has 0 aliphatic rings. The van der Waals surface area contributed by atoms with Crippen LogP contribution in [0.4, 0.5) is 0 Å². The van der Waals surface area contributed by atoms with Gasteiger partial charge in [0.2, 0.25) is 5.91 Å². The monoisotopic (exact) mass is 339 g/mol. The summed E-state index contributed by atoms with van der Waals surface area (Å²) in [6.07, 6.45) is 4.52. The lowest BCUT2D eigenvalue weighted by atomic mass is 10.1. The Morgan fingerprint density at radius 2 is 1.80 bits per heavy atom. The number of hydrogen-bond donors (Lipinski definition) is 1. The molecule has 0 spiro atoms. The summed E-state index contributed by atoms with van der Waals surface area (Å²) in [7, 11) is 0. The van der Waals surface area contributed by atoms with Crippen molar-refractivity contribution in [3.8, 4) is 0 Å². The van der Waals surface area contributed by atoms with Crippen LogP contribution >= 0.6 is 0 Å². The van der Waals surface area contributed by atoms with Gasteiger partial charge in [-0.25, -0.2) is 0 Å². The number of hydrogen-bond acceptors (Lipinski definition) is 3. The molecule has 2 rings (SSSR count). The molecule has 0 saturated heterocycles. The average molecular weight is 339 g/mol. The first-order valence-corrected chi connectivity index (χ1v) is 8.66. The first kappa shape index (κ1) is 18.6. The van der Waals surface area contributed by atoms with Gasteiger partial charge in [0.15, 0.2) is 0 Å². The summed E-state index contributed by atoms with van der Waals surface area (Å²) in [5.41, 5.74) is 1.71. The van der Waals surface area contributed by atoms with Crippen LogP contribution in [0, 0.1) is 0 Å². The molecule has 0 aliphatic heterocycles. The highest BCUT2D eigenvalue weighted by molar-refractivity contribution is 5.94. The third-order valence-electron chi connectivity index (χ3n) is 4.21. The topological polar surface area (TPSA) is 62.3 Å². The highest BCUT2D eigenvalue weighted by Gasteiger charge is 2.19. The van der Waals surface area contributed by atoms with Crippen molar-refractivity contribution in [3.05, 3.63) is 66.0 Å². The van der Waals surface area contributed by atoms with Crippen molar-refractivity contribution in [2.24, 2.45) is 0 Å². The maximum Gasteiger partial charge on any atom is 0.251 e. The predicted octanol–water partition coefficient (Wildman–Crippen LogP) is 3.20. The van der Waals surface area contributed by atoms with Crippen molar-refractivity contribution in [1.29, 1.82) is 0 Å². The summed E-state index contributed by atoms with van der Waals surface area (Å²) in [5, 5.41) is 2.85. The van der Waals surface area contributed by atoms with Crippen molar-refractivity contribution >= 4 is 11.8 Å². The zero-order chi connectivity index (χ0) is 18.1. The first-order valence-electron chi connectivity index (χ1n) is 8.66. The van der Waals surface area contributed by atoms with Crippen molar-refractivity contribution in [1.82, 2.24) is 15.2 Å². The number of benzene rings is 1. The molecule has 1 aromatic heterocycles. The van der Waals surface area contributed by atoms with Crippen LogP contribution in [-0.4, -0.2) is 34.8 Å². The standard InChI is InChI=1S/C20H25N3O2/c1-3-23(16(2)17-11-14-21-15-12-17)19(24)10-7-13-22-20(25)18-8-5-4-6-9-18/h4-6,8-9,11-12,14-16H,3,7,10,13H2,1-2H3,(H,22,25). The fourth-order valence-corrected chi connectivity index (χ4v) is 2.76. The Kier molecular flexibility index (Phi) is 7.14. The van der Waals surface area contributed by atoms with E-state index in [1.165, 1.54) is 0 Å². The van der Waals surface area contributed by atoms with E-state index >= 15 is 0 Å². The van der Waals surface area contributed by atoms with E-state index in [2.05, 4.69) is 10.3 Å². The summed E-state index contributed by atoms with van der Waals surface area (Å²) in [4.78, 5) is 30.3. The Balaban J connectivity index is 1.79. The molecule has 5 heteroatoms. The molecule has 1 unspecified atom stereocenters. The molecule has 2 amide bonds. The van der Waals surface area contributed by atoms with Crippen molar-refractivity contribution < 1.29 is 9.59 Å². The van der Waals surface area contributed by atoms with Crippen LogP contribution in [-0.2, 0) is 4.79 Å². The van der Waals surface area contributed by atoms with E-state index in [4.69, 9.17) is 0 Å². The van der Waals surface area contributed by atoms with Crippen LogP contribution in [0.15, 0.2) is 54.9 Å². The molecule has 0 aliphatic carbocycles. The molecule has 0 saturated carbocycles. The molecule has 1 N–H and O–H groups in total. The second kappa shape index (κ2) is 9.57. The van der Waals surface area contributed by atoms with Crippen molar-refractivity contribution in [3.63, 3.8) is 0 Å². The molecule has 0 bridgehead atoms. The average Bonchev–Trinajstić information content (AvgIpc) is 2.67. The SMILES string of the molecule is CCN(C(=O)CCCNC(=O)c1ccccc1)C(C)c1ccncc1. The van der Waals surface area contributed by atoms with E-state index in [1.54, 1.807) is 24.5 Å². The van der Waals surface area contributed by atoms with Crippen LogP contribution in [0.5, 0.6) is 0 Å². The highest BCUT2D eigenvalue weighted by Crippen LogP contribution is 2.20. The van der Waals surface area contributed by atoms with Crippen LogP contribution < -0.4 is 5.32 Å². The molecular formula is C20H25N3O2. The Bertz CT molecular complexity index is 674.